The summed E-state index contributed by atoms with van der Waals surface area (Å²) < 4.78 is 3.57. The molecule has 0 spiro atoms. The first-order chi connectivity index (χ1) is 14.9. The maximum absolute atomic E-state index is 13.7. The fraction of sp³-hybridized carbons (Fsp3) is 0.217. The number of aryl methyl sites for hydroxylation is 1. The molecule has 0 bridgehead atoms. The van der Waals surface area contributed by atoms with Crippen LogP contribution in [0.25, 0.3) is 38.9 Å². The molecule has 0 amide bonds. The Bertz CT molecular complexity index is 1550. The lowest BCUT2D eigenvalue weighted by Crippen LogP contribution is -2.26. The summed E-state index contributed by atoms with van der Waals surface area (Å²) in [4.78, 5) is 28.1. The predicted octanol–water partition coefficient (Wildman–Crippen LogP) is 5.87. The van der Waals surface area contributed by atoms with Crippen LogP contribution in [0.1, 0.15) is 32.1 Å². The van der Waals surface area contributed by atoms with Crippen molar-refractivity contribution in [1.29, 1.82) is 0 Å². The zero-order valence-electron chi connectivity index (χ0n) is 17.2. The Labute approximate surface area is 188 Å². The molecule has 0 aliphatic heterocycles. The van der Waals surface area contributed by atoms with Crippen molar-refractivity contribution in [1.82, 2.24) is 24.1 Å². The summed E-state index contributed by atoms with van der Waals surface area (Å²) in [6.45, 7) is 5.91. The second kappa shape index (κ2) is 7.32. The average Bonchev–Trinajstić information content (AvgIpc) is 3.06. The fourth-order valence-electron chi connectivity index (χ4n) is 3.98. The molecule has 0 aliphatic carbocycles. The zero-order chi connectivity index (χ0) is 21.9. The highest BCUT2D eigenvalue weighted by Gasteiger charge is 2.23. The molecule has 0 unspecified atom stereocenters. The van der Waals surface area contributed by atoms with Gasteiger partial charge in [0.05, 0.1) is 26.8 Å². The van der Waals surface area contributed by atoms with E-state index in [-0.39, 0.29) is 11.6 Å². The van der Waals surface area contributed by atoms with Crippen LogP contribution in [0.2, 0.25) is 10.0 Å². The number of fused-ring (bicyclic) bond motifs is 4. The second-order valence-electron chi connectivity index (χ2n) is 7.61. The smallest absolute Gasteiger partial charge is 0.265 e. The van der Waals surface area contributed by atoms with Gasteiger partial charge in [-0.2, -0.15) is 0 Å². The molecular formula is C23H19Cl2N5O. The molecule has 156 valence electrons. The van der Waals surface area contributed by atoms with Gasteiger partial charge in [-0.3, -0.25) is 13.9 Å². The first kappa shape index (κ1) is 20.0. The third-order valence-electron chi connectivity index (χ3n) is 5.68. The normalized spacial score (nSPS) is 12.8. The van der Waals surface area contributed by atoms with Gasteiger partial charge in [0, 0.05) is 6.04 Å². The molecule has 5 aromatic rings. The molecule has 0 radical (unpaired) electrons. The van der Waals surface area contributed by atoms with E-state index >= 15 is 0 Å². The summed E-state index contributed by atoms with van der Waals surface area (Å²) in [6.07, 6.45) is 0.813. The van der Waals surface area contributed by atoms with Crippen molar-refractivity contribution in [3.63, 3.8) is 0 Å². The van der Waals surface area contributed by atoms with Crippen molar-refractivity contribution in [3.8, 4) is 5.69 Å². The number of para-hydroxylation sites is 2. The molecule has 5 rings (SSSR count). The Hall–Kier alpha value is -2.96. The summed E-state index contributed by atoms with van der Waals surface area (Å²) in [5, 5.41) is 1.31. The maximum atomic E-state index is 13.7. The Morgan fingerprint density at radius 1 is 0.968 bits per heavy atom. The van der Waals surface area contributed by atoms with Crippen molar-refractivity contribution in [2.45, 2.75) is 33.2 Å². The summed E-state index contributed by atoms with van der Waals surface area (Å²) in [5.41, 5.74) is 3.63. The number of nitrogens with zero attached hydrogens (tertiary/aromatic N) is 5. The monoisotopic (exact) mass is 451 g/mol. The first-order valence-corrected chi connectivity index (χ1v) is 10.8. The molecule has 2 aromatic carbocycles. The first-order valence-electron chi connectivity index (χ1n) is 10.1. The number of benzene rings is 2. The number of hydrogen-bond acceptors (Lipinski definition) is 4. The second-order valence-corrected chi connectivity index (χ2v) is 8.42. The van der Waals surface area contributed by atoms with Gasteiger partial charge in [-0.25, -0.2) is 15.0 Å². The van der Waals surface area contributed by atoms with Crippen LogP contribution in [0.3, 0.4) is 0 Å². The minimum Gasteiger partial charge on any atom is -0.293 e. The minimum atomic E-state index is -0.120. The van der Waals surface area contributed by atoms with E-state index in [2.05, 4.69) is 0 Å². The number of aromatic nitrogens is 5. The highest BCUT2D eigenvalue weighted by molar-refractivity contribution is 6.42. The van der Waals surface area contributed by atoms with Crippen LogP contribution in [-0.2, 0) is 0 Å². The van der Waals surface area contributed by atoms with Crippen LogP contribution in [0, 0.1) is 6.92 Å². The highest BCUT2D eigenvalue weighted by Crippen LogP contribution is 2.32. The molecule has 0 N–H and O–H groups in total. The van der Waals surface area contributed by atoms with Gasteiger partial charge in [-0.15, -0.1) is 0 Å². The molecule has 0 saturated heterocycles. The van der Waals surface area contributed by atoms with E-state index in [9.17, 15) is 4.79 Å². The molecule has 0 aliphatic rings. The van der Waals surface area contributed by atoms with E-state index in [0.29, 0.717) is 43.8 Å². The van der Waals surface area contributed by atoms with Gasteiger partial charge in [0.2, 0.25) is 0 Å². The van der Waals surface area contributed by atoms with Crippen molar-refractivity contribution >= 4 is 56.4 Å². The molecule has 0 saturated carbocycles. The number of hydrogen-bond donors (Lipinski definition) is 0. The van der Waals surface area contributed by atoms with E-state index in [4.69, 9.17) is 38.2 Å². The summed E-state index contributed by atoms with van der Waals surface area (Å²) in [5.74, 6) is 0.639. The van der Waals surface area contributed by atoms with Gasteiger partial charge in [0.15, 0.2) is 11.3 Å². The standard InChI is InChI=1S/C23H19Cl2N5O/c1-4-12(2)29-13(3)26-21-19(23(29)31)20-22(28-18-8-6-5-7-17(18)27-20)30(21)14-9-10-15(24)16(25)11-14/h5-12H,4H2,1-3H3/t12-/m1/s1. The molecule has 1 atom stereocenters. The van der Waals surface area contributed by atoms with E-state index in [1.54, 1.807) is 16.7 Å². The molecule has 8 heteroatoms. The maximum Gasteiger partial charge on any atom is 0.265 e. The van der Waals surface area contributed by atoms with Gasteiger partial charge in [-0.1, -0.05) is 42.3 Å². The van der Waals surface area contributed by atoms with Gasteiger partial charge in [0.1, 0.15) is 16.7 Å². The molecule has 3 aromatic heterocycles. The third kappa shape index (κ3) is 3.01. The van der Waals surface area contributed by atoms with Crippen LogP contribution in [-0.4, -0.2) is 24.1 Å². The van der Waals surface area contributed by atoms with E-state index in [1.165, 1.54) is 0 Å². The Kier molecular flexibility index (Phi) is 4.72. The number of rotatable bonds is 3. The molecular weight excluding hydrogens is 433 g/mol. The molecule has 6 nitrogen and oxygen atoms in total. The van der Waals surface area contributed by atoms with Crippen LogP contribution in [0.4, 0.5) is 0 Å². The largest absolute Gasteiger partial charge is 0.293 e. The van der Waals surface area contributed by atoms with Gasteiger partial charge in [-0.05, 0) is 50.6 Å². The quantitative estimate of drug-likeness (QED) is 0.344. The highest BCUT2D eigenvalue weighted by atomic mass is 35.5. The lowest BCUT2D eigenvalue weighted by molar-refractivity contribution is 0.497. The SMILES string of the molecule is CC[C@@H](C)n1c(C)nc2c(c1=O)c1nc3ccccc3nc1n2-c1ccc(Cl)c(Cl)c1. The number of halogens is 2. The van der Waals surface area contributed by atoms with E-state index in [0.717, 1.165) is 17.5 Å². The van der Waals surface area contributed by atoms with Crippen LogP contribution < -0.4 is 5.56 Å². The summed E-state index contributed by atoms with van der Waals surface area (Å²) in [6, 6.07) is 12.9. The van der Waals surface area contributed by atoms with Crippen molar-refractivity contribution in [2.75, 3.05) is 0 Å². The van der Waals surface area contributed by atoms with Crippen molar-refractivity contribution in [3.05, 3.63) is 68.7 Å². The third-order valence-corrected chi connectivity index (χ3v) is 6.42. The zero-order valence-corrected chi connectivity index (χ0v) is 18.7. The van der Waals surface area contributed by atoms with E-state index in [1.807, 2.05) is 55.7 Å². The van der Waals surface area contributed by atoms with Crippen LogP contribution >= 0.6 is 23.2 Å². The molecule has 31 heavy (non-hydrogen) atoms. The topological polar surface area (TPSA) is 65.6 Å². The van der Waals surface area contributed by atoms with Crippen molar-refractivity contribution in [2.24, 2.45) is 0 Å². The van der Waals surface area contributed by atoms with Crippen LogP contribution in [0.15, 0.2) is 47.3 Å². The Morgan fingerprint density at radius 2 is 1.68 bits per heavy atom. The van der Waals surface area contributed by atoms with E-state index < -0.39 is 0 Å². The summed E-state index contributed by atoms with van der Waals surface area (Å²) in [7, 11) is 0. The van der Waals surface area contributed by atoms with Gasteiger partial charge < -0.3 is 0 Å². The van der Waals surface area contributed by atoms with Gasteiger partial charge in [0.25, 0.3) is 5.56 Å². The fourth-order valence-corrected chi connectivity index (χ4v) is 4.27. The molecule has 3 heterocycles. The Balaban J connectivity index is 2.02. The van der Waals surface area contributed by atoms with Crippen molar-refractivity contribution < 1.29 is 0 Å². The lowest BCUT2D eigenvalue weighted by Gasteiger charge is -2.16. The Morgan fingerprint density at radius 3 is 2.35 bits per heavy atom. The summed E-state index contributed by atoms with van der Waals surface area (Å²) >= 11 is 12.4. The average molecular weight is 452 g/mol. The lowest BCUT2D eigenvalue weighted by atomic mass is 10.2. The predicted molar refractivity (Wildman–Crippen MR) is 126 cm³/mol. The minimum absolute atomic E-state index is 0.0150. The van der Waals surface area contributed by atoms with Crippen LogP contribution in [0.5, 0.6) is 0 Å². The van der Waals surface area contributed by atoms with Gasteiger partial charge >= 0.3 is 0 Å². The molecule has 0 fully saturated rings.